The molecular formula is C21H32NO2+. The summed E-state index contributed by atoms with van der Waals surface area (Å²) in [7, 11) is 5.70. The van der Waals surface area contributed by atoms with Gasteiger partial charge in [-0.05, 0) is 53.4 Å². The molecule has 1 unspecified atom stereocenters. The second kappa shape index (κ2) is 6.79. The van der Waals surface area contributed by atoms with Gasteiger partial charge in [0.25, 0.3) is 0 Å². The van der Waals surface area contributed by atoms with Crippen LogP contribution in [0.3, 0.4) is 0 Å². The zero-order valence-corrected chi connectivity index (χ0v) is 15.8. The van der Waals surface area contributed by atoms with Crippen LogP contribution in [0.1, 0.15) is 32.3 Å². The smallest absolute Gasteiger partial charge is 0.160 e. The van der Waals surface area contributed by atoms with E-state index in [1.54, 1.807) is 24.7 Å². The number of methoxy groups -OCH3 is 2. The number of nitrogens with one attached hydrogen (secondary N) is 1. The molecule has 0 saturated heterocycles. The van der Waals surface area contributed by atoms with E-state index in [1.165, 1.54) is 24.9 Å². The number of rotatable bonds is 7. The summed E-state index contributed by atoms with van der Waals surface area (Å²) < 4.78 is 10.7. The molecule has 0 aromatic heterocycles. The van der Waals surface area contributed by atoms with Crippen LogP contribution in [-0.4, -0.2) is 34.4 Å². The van der Waals surface area contributed by atoms with Gasteiger partial charge in [0.05, 0.1) is 34.4 Å². The van der Waals surface area contributed by atoms with Gasteiger partial charge in [-0.1, -0.05) is 26.0 Å². The number of hydrogen-bond donors (Lipinski definition) is 1. The van der Waals surface area contributed by atoms with Crippen LogP contribution in [0, 0.1) is 17.3 Å². The molecule has 3 aliphatic carbocycles. The van der Waals surface area contributed by atoms with Gasteiger partial charge in [-0.25, -0.2) is 0 Å². The van der Waals surface area contributed by atoms with Crippen molar-refractivity contribution in [2.75, 3.05) is 34.4 Å². The number of quaternary nitrogens is 1. The van der Waals surface area contributed by atoms with Crippen LogP contribution in [0.5, 0.6) is 11.5 Å². The van der Waals surface area contributed by atoms with Crippen LogP contribution in [-0.2, 0) is 6.42 Å². The molecule has 0 aliphatic heterocycles. The van der Waals surface area contributed by atoms with Crippen molar-refractivity contribution in [3.63, 3.8) is 0 Å². The summed E-state index contributed by atoms with van der Waals surface area (Å²) in [6, 6.07) is 6.25. The minimum absolute atomic E-state index is 0.535. The van der Waals surface area contributed by atoms with Gasteiger partial charge < -0.3 is 14.4 Å². The molecule has 1 aromatic rings. The van der Waals surface area contributed by atoms with Crippen LogP contribution in [0.25, 0.3) is 0 Å². The van der Waals surface area contributed by atoms with Crippen molar-refractivity contribution in [2.24, 2.45) is 17.3 Å². The molecule has 1 saturated carbocycles. The van der Waals surface area contributed by atoms with E-state index in [-0.39, 0.29) is 0 Å². The van der Waals surface area contributed by atoms with E-state index in [0.717, 1.165) is 36.3 Å². The molecule has 3 atom stereocenters. The number of likely N-dealkylation sites (N-methyl/N-ethyl adjacent to an activating group) is 1. The third-order valence-corrected chi connectivity index (χ3v) is 6.38. The standard InChI is InChI=1S/C21H31NO2/c1-21(2)17-8-7-16(18(21)13-17)14-22(3)11-10-15-6-9-19(23-4)20(12-15)24-5/h6-7,9,12,17-18H,8,10-11,13-14H2,1-5H3/p+1/t17-,18-/m1/s1. The highest BCUT2D eigenvalue weighted by Crippen LogP contribution is 2.58. The summed E-state index contributed by atoms with van der Waals surface area (Å²) in [6.45, 7) is 7.24. The summed E-state index contributed by atoms with van der Waals surface area (Å²) in [6.07, 6.45) is 6.31. The van der Waals surface area contributed by atoms with E-state index in [9.17, 15) is 0 Å². The first-order valence-electron chi connectivity index (χ1n) is 9.16. The molecule has 0 amide bonds. The molecule has 1 fully saturated rings. The van der Waals surface area contributed by atoms with Gasteiger partial charge in [-0.3, -0.25) is 0 Å². The van der Waals surface area contributed by atoms with Gasteiger partial charge in [-0.2, -0.15) is 0 Å². The predicted molar refractivity (Wildman–Crippen MR) is 97.9 cm³/mol. The lowest BCUT2D eigenvalue weighted by Gasteiger charge is -2.56. The third kappa shape index (κ3) is 3.19. The molecular weight excluding hydrogens is 298 g/mol. The third-order valence-electron chi connectivity index (χ3n) is 6.38. The maximum Gasteiger partial charge on any atom is 0.160 e. The van der Waals surface area contributed by atoms with E-state index < -0.39 is 0 Å². The minimum atomic E-state index is 0.535. The Labute approximate surface area is 146 Å². The van der Waals surface area contributed by atoms with Gasteiger partial charge in [0.2, 0.25) is 0 Å². The molecule has 132 valence electrons. The molecule has 1 N–H and O–H groups in total. The zero-order chi connectivity index (χ0) is 17.3. The summed E-state index contributed by atoms with van der Waals surface area (Å²) in [5, 5.41) is 0. The van der Waals surface area contributed by atoms with Crippen molar-refractivity contribution in [1.82, 2.24) is 0 Å². The minimum Gasteiger partial charge on any atom is -0.493 e. The van der Waals surface area contributed by atoms with E-state index in [2.05, 4.69) is 39.1 Å². The fraction of sp³-hybridized carbons (Fsp3) is 0.619. The average molecular weight is 330 g/mol. The van der Waals surface area contributed by atoms with Crippen molar-refractivity contribution in [3.05, 3.63) is 35.4 Å². The molecule has 2 bridgehead atoms. The van der Waals surface area contributed by atoms with Gasteiger partial charge in [0.1, 0.15) is 0 Å². The quantitative estimate of drug-likeness (QED) is 0.777. The van der Waals surface area contributed by atoms with Crippen molar-refractivity contribution >= 4 is 0 Å². The Balaban J connectivity index is 1.55. The largest absolute Gasteiger partial charge is 0.493 e. The molecule has 3 aliphatic rings. The molecule has 4 rings (SSSR count). The lowest BCUT2D eigenvalue weighted by molar-refractivity contribution is -0.874. The highest BCUT2D eigenvalue weighted by Gasteiger charge is 2.51. The first-order valence-corrected chi connectivity index (χ1v) is 9.16. The van der Waals surface area contributed by atoms with E-state index in [4.69, 9.17) is 9.47 Å². The van der Waals surface area contributed by atoms with Crippen LogP contribution < -0.4 is 14.4 Å². The number of hydrogen-bond acceptors (Lipinski definition) is 2. The van der Waals surface area contributed by atoms with Crippen molar-refractivity contribution in [2.45, 2.75) is 33.1 Å². The van der Waals surface area contributed by atoms with Crippen molar-refractivity contribution < 1.29 is 14.4 Å². The number of benzene rings is 1. The second-order valence-electron chi connectivity index (χ2n) is 8.14. The lowest BCUT2D eigenvalue weighted by Crippen LogP contribution is -3.09. The lowest BCUT2D eigenvalue weighted by atomic mass is 9.49. The van der Waals surface area contributed by atoms with E-state index >= 15 is 0 Å². The average Bonchev–Trinajstić information content (AvgIpc) is 2.59. The maximum atomic E-state index is 5.41. The summed E-state index contributed by atoms with van der Waals surface area (Å²) in [4.78, 5) is 1.59. The van der Waals surface area contributed by atoms with Gasteiger partial charge >= 0.3 is 0 Å². The van der Waals surface area contributed by atoms with E-state index in [0.29, 0.717) is 5.41 Å². The second-order valence-corrected chi connectivity index (χ2v) is 8.14. The summed E-state index contributed by atoms with van der Waals surface area (Å²) in [5.74, 6) is 3.38. The zero-order valence-electron chi connectivity index (χ0n) is 15.8. The summed E-state index contributed by atoms with van der Waals surface area (Å²) in [5.41, 5.74) is 3.55. The topological polar surface area (TPSA) is 22.9 Å². The Bertz CT molecular complexity index is 620. The van der Waals surface area contributed by atoms with Crippen LogP contribution in [0.15, 0.2) is 29.8 Å². The monoisotopic (exact) mass is 330 g/mol. The molecule has 24 heavy (non-hydrogen) atoms. The molecule has 3 nitrogen and oxygen atoms in total. The van der Waals surface area contributed by atoms with Gasteiger partial charge in [-0.15, -0.1) is 0 Å². The van der Waals surface area contributed by atoms with Gasteiger partial charge in [0.15, 0.2) is 11.5 Å². The highest BCUT2D eigenvalue weighted by molar-refractivity contribution is 5.42. The number of allylic oxidation sites excluding steroid dienone is 1. The number of ether oxygens (including phenoxy) is 2. The Kier molecular flexibility index (Phi) is 4.91. The van der Waals surface area contributed by atoms with Gasteiger partial charge in [0, 0.05) is 6.42 Å². The van der Waals surface area contributed by atoms with Crippen LogP contribution >= 0.6 is 0 Å². The fourth-order valence-electron chi connectivity index (χ4n) is 4.51. The normalized spacial score (nSPS) is 25.5. The predicted octanol–water partition coefficient (Wildman–Crippen LogP) is 2.75. The van der Waals surface area contributed by atoms with Crippen LogP contribution in [0.2, 0.25) is 0 Å². The number of fused-ring (bicyclic) bond motifs is 1. The highest BCUT2D eigenvalue weighted by atomic mass is 16.5. The Morgan fingerprint density at radius 2 is 1.92 bits per heavy atom. The molecule has 1 aromatic carbocycles. The molecule has 0 heterocycles. The van der Waals surface area contributed by atoms with E-state index in [1.807, 2.05) is 6.07 Å². The maximum absolute atomic E-state index is 5.41. The fourth-order valence-corrected chi connectivity index (χ4v) is 4.51. The Morgan fingerprint density at radius 1 is 1.17 bits per heavy atom. The Morgan fingerprint density at radius 3 is 2.54 bits per heavy atom. The SMILES string of the molecule is COc1ccc(CC[NH+](C)CC2=CC[C@@H]3C[C@H]2C3(C)C)cc1OC. The molecule has 0 radical (unpaired) electrons. The van der Waals surface area contributed by atoms with Crippen molar-refractivity contribution in [3.8, 4) is 11.5 Å². The molecule has 0 spiro atoms. The first kappa shape index (κ1) is 17.3. The molecule has 3 heteroatoms. The first-order chi connectivity index (χ1) is 11.5. The van der Waals surface area contributed by atoms with Crippen molar-refractivity contribution in [1.29, 1.82) is 0 Å². The van der Waals surface area contributed by atoms with Crippen LogP contribution in [0.4, 0.5) is 0 Å². The summed E-state index contributed by atoms with van der Waals surface area (Å²) >= 11 is 0. The Hall–Kier alpha value is -1.48.